The predicted octanol–water partition coefficient (Wildman–Crippen LogP) is 0.680. The predicted molar refractivity (Wildman–Crippen MR) is 67.7 cm³/mol. The third-order valence-electron chi connectivity index (χ3n) is 3.33. The summed E-state index contributed by atoms with van der Waals surface area (Å²) in [5, 5.41) is 0. The maximum Gasteiger partial charge on any atom is 0.254 e. The fraction of sp³-hybridized carbons (Fsp3) is 0.462. The number of likely N-dealkylation sites (N-methyl/N-ethyl adjacent to an activating group) is 1. The second-order valence-electron chi connectivity index (χ2n) is 4.81. The molecule has 1 saturated heterocycles. The van der Waals surface area contributed by atoms with Crippen molar-refractivity contribution in [3.63, 3.8) is 0 Å². The molecule has 1 amide bonds. The average molecular weight is 269 g/mol. The van der Waals surface area contributed by atoms with Crippen LogP contribution >= 0.6 is 0 Å². The van der Waals surface area contributed by atoms with Crippen molar-refractivity contribution in [2.75, 3.05) is 33.2 Å². The zero-order valence-electron chi connectivity index (χ0n) is 10.8. The maximum absolute atomic E-state index is 13.2. The first kappa shape index (κ1) is 13.9. The molecule has 0 aliphatic carbocycles. The van der Waals surface area contributed by atoms with Crippen LogP contribution in [0.1, 0.15) is 10.4 Å². The Morgan fingerprint density at radius 1 is 1.32 bits per heavy atom. The Labute approximate surface area is 110 Å². The Hall–Kier alpha value is -1.53. The van der Waals surface area contributed by atoms with Crippen molar-refractivity contribution >= 4 is 5.91 Å². The van der Waals surface area contributed by atoms with Gasteiger partial charge in [-0.2, -0.15) is 0 Å². The number of hydrogen-bond acceptors (Lipinski definition) is 3. The molecule has 1 unspecified atom stereocenters. The van der Waals surface area contributed by atoms with Crippen LogP contribution < -0.4 is 5.73 Å². The van der Waals surface area contributed by atoms with E-state index in [-0.39, 0.29) is 17.5 Å². The van der Waals surface area contributed by atoms with E-state index in [4.69, 9.17) is 5.73 Å². The summed E-state index contributed by atoms with van der Waals surface area (Å²) < 4.78 is 26.3. The largest absolute Gasteiger partial charge is 0.332 e. The van der Waals surface area contributed by atoms with Gasteiger partial charge in [0.2, 0.25) is 0 Å². The van der Waals surface area contributed by atoms with Crippen LogP contribution in [0.2, 0.25) is 0 Å². The minimum Gasteiger partial charge on any atom is -0.332 e. The molecule has 1 aromatic carbocycles. The molecule has 1 aliphatic heterocycles. The molecular weight excluding hydrogens is 252 g/mol. The van der Waals surface area contributed by atoms with Gasteiger partial charge in [-0.3, -0.25) is 4.79 Å². The van der Waals surface area contributed by atoms with Gasteiger partial charge < -0.3 is 15.5 Å². The lowest BCUT2D eigenvalue weighted by Crippen LogP contribution is -2.56. The van der Waals surface area contributed by atoms with E-state index in [1.54, 1.807) is 4.90 Å². The van der Waals surface area contributed by atoms with Gasteiger partial charge in [0, 0.05) is 37.8 Å². The molecule has 0 saturated carbocycles. The maximum atomic E-state index is 13.2. The molecule has 2 rings (SSSR count). The number of carbonyl (C=O) groups is 1. The summed E-state index contributed by atoms with van der Waals surface area (Å²) in [4.78, 5) is 16.0. The lowest BCUT2D eigenvalue weighted by molar-refractivity contribution is 0.0515. The number of benzene rings is 1. The summed E-state index contributed by atoms with van der Waals surface area (Å²) in [7, 11) is 1.95. The van der Waals surface area contributed by atoms with Crippen molar-refractivity contribution in [3.05, 3.63) is 35.4 Å². The van der Waals surface area contributed by atoms with Crippen LogP contribution in [0, 0.1) is 11.6 Å². The van der Waals surface area contributed by atoms with E-state index >= 15 is 0 Å². The van der Waals surface area contributed by atoms with Crippen LogP contribution in [-0.2, 0) is 0 Å². The van der Waals surface area contributed by atoms with E-state index in [2.05, 4.69) is 4.90 Å². The number of nitrogens with two attached hydrogens (primary N) is 1. The third kappa shape index (κ3) is 3.08. The summed E-state index contributed by atoms with van der Waals surface area (Å²) in [6.45, 7) is 2.23. The molecule has 2 N–H and O–H groups in total. The van der Waals surface area contributed by atoms with Crippen molar-refractivity contribution in [3.8, 4) is 0 Å². The van der Waals surface area contributed by atoms with Gasteiger partial charge in [0.25, 0.3) is 5.91 Å². The van der Waals surface area contributed by atoms with Gasteiger partial charge in [0.05, 0.1) is 6.04 Å². The average Bonchev–Trinajstić information content (AvgIpc) is 2.36. The van der Waals surface area contributed by atoms with Crippen LogP contribution in [0.5, 0.6) is 0 Å². The molecule has 4 nitrogen and oxygen atoms in total. The Balaban J connectivity index is 2.22. The lowest BCUT2D eigenvalue weighted by atomic mass is 10.1. The highest BCUT2D eigenvalue weighted by Gasteiger charge is 2.29. The molecule has 0 aromatic heterocycles. The fourth-order valence-corrected chi connectivity index (χ4v) is 2.32. The van der Waals surface area contributed by atoms with Crippen LogP contribution in [0.15, 0.2) is 18.2 Å². The number of halogens is 2. The van der Waals surface area contributed by atoms with E-state index < -0.39 is 11.6 Å². The van der Waals surface area contributed by atoms with Crippen LogP contribution in [0.25, 0.3) is 0 Å². The van der Waals surface area contributed by atoms with Crippen molar-refractivity contribution < 1.29 is 13.6 Å². The summed E-state index contributed by atoms with van der Waals surface area (Å²) in [5.74, 6) is -1.87. The van der Waals surface area contributed by atoms with E-state index in [1.165, 1.54) is 0 Å². The second-order valence-corrected chi connectivity index (χ2v) is 4.81. The Morgan fingerprint density at radius 2 is 1.95 bits per heavy atom. The molecule has 6 heteroatoms. The SMILES string of the molecule is CN1CCN(C(=O)c2cc(F)cc(F)c2)C(CN)C1. The number of piperazine rings is 1. The van der Waals surface area contributed by atoms with E-state index in [1.807, 2.05) is 7.05 Å². The Kier molecular flexibility index (Phi) is 4.11. The first-order chi connectivity index (χ1) is 9.01. The zero-order valence-corrected chi connectivity index (χ0v) is 10.8. The van der Waals surface area contributed by atoms with Gasteiger partial charge in [0.15, 0.2) is 0 Å². The van der Waals surface area contributed by atoms with Gasteiger partial charge in [-0.1, -0.05) is 0 Å². The van der Waals surface area contributed by atoms with Gasteiger partial charge in [-0.15, -0.1) is 0 Å². The number of carbonyl (C=O) groups excluding carboxylic acids is 1. The molecule has 104 valence electrons. The number of hydrogen-bond donors (Lipinski definition) is 1. The van der Waals surface area contributed by atoms with Crippen LogP contribution in [-0.4, -0.2) is 55.0 Å². The molecule has 1 fully saturated rings. The quantitative estimate of drug-likeness (QED) is 0.859. The highest BCUT2D eigenvalue weighted by Crippen LogP contribution is 2.15. The molecule has 19 heavy (non-hydrogen) atoms. The fourth-order valence-electron chi connectivity index (χ4n) is 2.32. The van der Waals surface area contributed by atoms with Crippen molar-refractivity contribution in [2.45, 2.75) is 6.04 Å². The monoisotopic (exact) mass is 269 g/mol. The Bertz CT molecular complexity index is 461. The highest BCUT2D eigenvalue weighted by atomic mass is 19.1. The lowest BCUT2D eigenvalue weighted by Gasteiger charge is -2.39. The summed E-state index contributed by atoms with van der Waals surface area (Å²) >= 11 is 0. The van der Waals surface area contributed by atoms with Crippen LogP contribution in [0.4, 0.5) is 8.78 Å². The van der Waals surface area contributed by atoms with E-state index in [0.29, 0.717) is 19.6 Å². The first-order valence-electron chi connectivity index (χ1n) is 6.17. The second kappa shape index (κ2) is 5.63. The van der Waals surface area contributed by atoms with Gasteiger partial charge in [-0.25, -0.2) is 8.78 Å². The normalized spacial score (nSPS) is 20.6. The molecule has 1 aliphatic rings. The zero-order chi connectivity index (χ0) is 14.0. The minimum absolute atomic E-state index is 0.0282. The van der Waals surface area contributed by atoms with Crippen molar-refractivity contribution in [1.29, 1.82) is 0 Å². The molecule has 1 heterocycles. The van der Waals surface area contributed by atoms with Crippen molar-refractivity contribution in [1.82, 2.24) is 9.80 Å². The molecule has 0 bridgehead atoms. The molecular formula is C13H17F2N3O. The van der Waals surface area contributed by atoms with E-state index in [0.717, 1.165) is 24.7 Å². The van der Waals surface area contributed by atoms with Gasteiger partial charge in [-0.05, 0) is 19.2 Å². The number of nitrogens with zero attached hydrogens (tertiary/aromatic N) is 2. The summed E-state index contributed by atoms with van der Waals surface area (Å²) in [6, 6.07) is 2.73. The molecule has 0 radical (unpaired) electrons. The topological polar surface area (TPSA) is 49.6 Å². The smallest absolute Gasteiger partial charge is 0.254 e. The van der Waals surface area contributed by atoms with Crippen LogP contribution in [0.3, 0.4) is 0 Å². The molecule has 1 atom stereocenters. The minimum atomic E-state index is -0.748. The van der Waals surface area contributed by atoms with E-state index in [9.17, 15) is 13.6 Å². The standard InChI is InChI=1S/C13H17F2N3O/c1-17-2-3-18(12(7-16)8-17)13(19)9-4-10(14)6-11(15)5-9/h4-6,12H,2-3,7-8,16H2,1H3. The van der Waals surface area contributed by atoms with Gasteiger partial charge in [0.1, 0.15) is 11.6 Å². The van der Waals surface area contributed by atoms with Gasteiger partial charge >= 0.3 is 0 Å². The third-order valence-corrected chi connectivity index (χ3v) is 3.33. The highest BCUT2D eigenvalue weighted by molar-refractivity contribution is 5.94. The Morgan fingerprint density at radius 3 is 2.53 bits per heavy atom. The molecule has 1 aromatic rings. The number of rotatable bonds is 2. The summed E-state index contributed by atoms with van der Waals surface area (Å²) in [5.41, 5.74) is 5.69. The number of amides is 1. The first-order valence-corrected chi connectivity index (χ1v) is 6.17. The summed E-state index contributed by atoms with van der Waals surface area (Å²) in [6.07, 6.45) is 0. The van der Waals surface area contributed by atoms with Crippen molar-refractivity contribution in [2.24, 2.45) is 5.73 Å². The molecule has 0 spiro atoms.